The van der Waals surface area contributed by atoms with Gasteiger partial charge in [-0.15, -0.1) is 0 Å². The lowest BCUT2D eigenvalue weighted by molar-refractivity contribution is -0.150. The zero-order chi connectivity index (χ0) is 21.2. The molecule has 1 atom stereocenters. The molecule has 1 aromatic carbocycles. The average molecular weight is 406 g/mol. The van der Waals surface area contributed by atoms with Gasteiger partial charge in [0.25, 0.3) is 11.8 Å². The van der Waals surface area contributed by atoms with Crippen molar-refractivity contribution in [1.29, 1.82) is 0 Å². The standard InChI is InChI=1S/C18H19FN4O6/c1-18(10-6-7-10)15(26)23(17(28)22-18)8-14(25)29-9-13(24)21-16(27)20-12-5-3-2-4-11(12)19/h2-5,10H,6-9H2,1H3,(H,22,28)(H2,20,21,24,27)/t18-/m1/s1. The highest BCUT2D eigenvalue weighted by atomic mass is 19.1. The third kappa shape index (κ3) is 4.50. The zero-order valence-electron chi connectivity index (χ0n) is 15.5. The van der Waals surface area contributed by atoms with E-state index in [1.165, 1.54) is 18.2 Å². The molecule has 1 aliphatic carbocycles. The van der Waals surface area contributed by atoms with Crippen LogP contribution in [0.2, 0.25) is 0 Å². The maximum atomic E-state index is 13.4. The molecule has 10 nitrogen and oxygen atoms in total. The molecule has 2 fully saturated rings. The number of amides is 6. The number of rotatable bonds is 6. The molecule has 0 bridgehead atoms. The molecule has 2 aliphatic rings. The minimum Gasteiger partial charge on any atom is -0.454 e. The first-order chi connectivity index (χ1) is 13.7. The van der Waals surface area contributed by atoms with Crippen LogP contribution in [-0.4, -0.2) is 53.4 Å². The van der Waals surface area contributed by atoms with Crippen LogP contribution in [0.15, 0.2) is 24.3 Å². The zero-order valence-corrected chi connectivity index (χ0v) is 15.5. The summed E-state index contributed by atoms with van der Waals surface area (Å²) >= 11 is 0. The number of carbonyl (C=O) groups excluding carboxylic acids is 5. The number of hydrogen-bond acceptors (Lipinski definition) is 6. The second-order valence-electron chi connectivity index (χ2n) is 6.94. The van der Waals surface area contributed by atoms with E-state index in [0.29, 0.717) is 0 Å². The van der Waals surface area contributed by atoms with Crippen molar-refractivity contribution in [1.82, 2.24) is 15.5 Å². The van der Waals surface area contributed by atoms with E-state index in [0.717, 1.165) is 23.8 Å². The Morgan fingerprint density at radius 1 is 1.28 bits per heavy atom. The van der Waals surface area contributed by atoms with E-state index in [-0.39, 0.29) is 11.6 Å². The van der Waals surface area contributed by atoms with Crippen LogP contribution in [0.5, 0.6) is 0 Å². The summed E-state index contributed by atoms with van der Waals surface area (Å²) in [6, 6.07) is 3.64. The van der Waals surface area contributed by atoms with E-state index in [2.05, 4.69) is 10.6 Å². The fraction of sp³-hybridized carbons (Fsp3) is 0.389. The largest absolute Gasteiger partial charge is 0.454 e. The van der Waals surface area contributed by atoms with E-state index in [1.807, 2.05) is 5.32 Å². The summed E-state index contributed by atoms with van der Waals surface area (Å²) in [5.41, 5.74) is -1.16. The van der Waals surface area contributed by atoms with Gasteiger partial charge in [-0.05, 0) is 37.8 Å². The minimum absolute atomic E-state index is 0.0405. The Bertz CT molecular complexity index is 887. The van der Waals surface area contributed by atoms with Gasteiger partial charge < -0.3 is 15.4 Å². The predicted octanol–water partition coefficient (Wildman–Crippen LogP) is 0.738. The summed E-state index contributed by atoms with van der Waals surface area (Å²) in [6.45, 7) is 0.145. The van der Waals surface area contributed by atoms with Crippen molar-refractivity contribution in [3.63, 3.8) is 0 Å². The number of anilines is 1. The molecule has 29 heavy (non-hydrogen) atoms. The number of nitrogens with zero attached hydrogens (tertiary/aromatic N) is 1. The summed E-state index contributed by atoms with van der Waals surface area (Å²) in [5.74, 6) is -3.12. The Morgan fingerprint density at radius 3 is 2.62 bits per heavy atom. The van der Waals surface area contributed by atoms with Gasteiger partial charge in [0.05, 0.1) is 5.69 Å². The van der Waals surface area contributed by atoms with Crippen LogP contribution < -0.4 is 16.0 Å². The van der Waals surface area contributed by atoms with Crippen LogP contribution in [-0.2, 0) is 19.1 Å². The van der Waals surface area contributed by atoms with E-state index in [4.69, 9.17) is 4.74 Å². The van der Waals surface area contributed by atoms with Gasteiger partial charge in [0.1, 0.15) is 17.9 Å². The van der Waals surface area contributed by atoms with E-state index < -0.39 is 54.4 Å². The monoisotopic (exact) mass is 406 g/mol. The van der Waals surface area contributed by atoms with E-state index >= 15 is 0 Å². The van der Waals surface area contributed by atoms with Gasteiger partial charge in [-0.25, -0.2) is 14.0 Å². The fourth-order valence-corrected chi connectivity index (χ4v) is 3.00. The molecule has 1 aromatic rings. The highest BCUT2D eigenvalue weighted by molar-refractivity contribution is 6.09. The molecule has 6 amide bonds. The Balaban J connectivity index is 1.44. The third-order valence-corrected chi connectivity index (χ3v) is 4.72. The number of halogens is 1. The molecule has 0 spiro atoms. The van der Waals surface area contributed by atoms with Gasteiger partial charge in [0, 0.05) is 0 Å². The third-order valence-electron chi connectivity index (χ3n) is 4.72. The normalized spacial score (nSPS) is 20.8. The molecular formula is C18H19FN4O6. The number of esters is 1. The lowest BCUT2D eigenvalue weighted by Crippen LogP contribution is -2.46. The van der Waals surface area contributed by atoms with Gasteiger partial charge >= 0.3 is 18.0 Å². The SMILES string of the molecule is C[C@]1(C2CC2)NC(=O)N(CC(=O)OCC(=O)NC(=O)Nc2ccccc2F)C1=O. The van der Waals surface area contributed by atoms with Crippen molar-refractivity contribution < 1.29 is 33.1 Å². The van der Waals surface area contributed by atoms with Gasteiger partial charge in [0.2, 0.25) is 0 Å². The van der Waals surface area contributed by atoms with Gasteiger partial charge in [-0.2, -0.15) is 0 Å². The first kappa shape index (κ1) is 20.2. The van der Waals surface area contributed by atoms with Crippen molar-refractivity contribution in [3.05, 3.63) is 30.1 Å². The Labute approximate surface area is 164 Å². The lowest BCUT2D eigenvalue weighted by Gasteiger charge is -2.20. The molecule has 3 N–H and O–H groups in total. The summed E-state index contributed by atoms with van der Waals surface area (Å²) in [4.78, 5) is 60.4. The molecule has 11 heteroatoms. The van der Waals surface area contributed by atoms with Crippen molar-refractivity contribution in [2.45, 2.75) is 25.3 Å². The smallest absolute Gasteiger partial charge is 0.326 e. The maximum Gasteiger partial charge on any atom is 0.326 e. The quantitative estimate of drug-likeness (QED) is 0.471. The molecule has 1 saturated carbocycles. The molecule has 0 aromatic heterocycles. The van der Waals surface area contributed by atoms with Crippen molar-refractivity contribution in [2.75, 3.05) is 18.5 Å². The fourth-order valence-electron chi connectivity index (χ4n) is 3.00. The number of urea groups is 2. The van der Waals surface area contributed by atoms with Gasteiger partial charge in [0.15, 0.2) is 6.61 Å². The topological polar surface area (TPSA) is 134 Å². The Morgan fingerprint density at radius 2 is 1.97 bits per heavy atom. The van der Waals surface area contributed by atoms with Crippen molar-refractivity contribution in [2.24, 2.45) is 5.92 Å². The van der Waals surface area contributed by atoms with Crippen LogP contribution in [0.1, 0.15) is 19.8 Å². The highest BCUT2D eigenvalue weighted by Gasteiger charge is 2.56. The number of para-hydroxylation sites is 1. The first-order valence-electron chi connectivity index (χ1n) is 8.86. The van der Waals surface area contributed by atoms with Gasteiger partial charge in [-0.1, -0.05) is 12.1 Å². The van der Waals surface area contributed by atoms with E-state index in [1.54, 1.807) is 6.92 Å². The first-order valence-corrected chi connectivity index (χ1v) is 8.86. The molecule has 1 heterocycles. The predicted molar refractivity (Wildman–Crippen MR) is 95.9 cm³/mol. The minimum atomic E-state index is -1.03. The van der Waals surface area contributed by atoms with Crippen LogP contribution in [0.3, 0.4) is 0 Å². The number of imide groups is 2. The highest BCUT2D eigenvalue weighted by Crippen LogP contribution is 2.42. The van der Waals surface area contributed by atoms with Crippen LogP contribution in [0.4, 0.5) is 19.7 Å². The van der Waals surface area contributed by atoms with Crippen LogP contribution >= 0.6 is 0 Å². The molecule has 154 valence electrons. The molecular weight excluding hydrogens is 387 g/mol. The summed E-state index contributed by atoms with van der Waals surface area (Å²) in [7, 11) is 0. The number of benzene rings is 1. The number of ether oxygens (including phenoxy) is 1. The summed E-state index contributed by atoms with van der Waals surface area (Å²) in [6.07, 6.45) is 1.63. The van der Waals surface area contributed by atoms with Crippen molar-refractivity contribution >= 4 is 35.5 Å². The maximum absolute atomic E-state index is 13.4. The van der Waals surface area contributed by atoms with Crippen LogP contribution in [0.25, 0.3) is 0 Å². The average Bonchev–Trinajstić information content (AvgIpc) is 3.48. The lowest BCUT2D eigenvalue weighted by atomic mass is 9.96. The second-order valence-corrected chi connectivity index (χ2v) is 6.94. The molecule has 0 radical (unpaired) electrons. The van der Waals surface area contributed by atoms with Crippen LogP contribution in [0, 0.1) is 11.7 Å². The Hall–Kier alpha value is -3.50. The summed E-state index contributed by atoms with van der Waals surface area (Å²) in [5, 5.41) is 6.58. The van der Waals surface area contributed by atoms with Gasteiger partial charge in [-0.3, -0.25) is 24.6 Å². The molecule has 1 aliphatic heterocycles. The second kappa shape index (κ2) is 7.86. The molecule has 3 rings (SSSR count). The number of carbonyl (C=O) groups is 5. The Kier molecular flexibility index (Phi) is 5.48. The van der Waals surface area contributed by atoms with E-state index in [9.17, 15) is 28.4 Å². The summed E-state index contributed by atoms with van der Waals surface area (Å²) < 4.78 is 18.1. The number of nitrogens with one attached hydrogen (secondary N) is 3. The van der Waals surface area contributed by atoms with Crippen molar-refractivity contribution in [3.8, 4) is 0 Å². The number of hydrogen-bond donors (Lipinski definition) is 3. The molecule has 0 unspecified atom stereocenters. The molecule has 1 saturated heterocycles.